The third-order valence-electron chi connectivity index (χ3n) is 26.9. The van der Waals surface area contributed by atoms with Crippen LogP contribution in [-0.2, 0) is 5.41 Å². The molecule has 11 heteroatoms. The van der Waals surface area contributed by atoms with E-state index in [-0.39, 0.29) is 35.1 Å². The lowest BCUT2D eigenvalue weighted by atomic mass is 9.82. The molecule has 1 aliphatic carbocycles. The molecule has 596 valence electrons. The number of aromatic nitrogens is 6. The first-order valence-corrected chi connectivity index (χ1v) is 47.1. The fourth-order valence-corrected chi connectivity index (χ4v) is 27.1. The molecule has 0 spiro atoms. The van der Waals surface area contributed by atoms with Gasteiger partial charge in [-0.3, -0.25) is 0 Å². The molecule has 0 atom stereocenters. The van der Waals surface area contributed by atoms with Crippen LogP contribution in [0.25, 0.3) is 267 Å². The molecule has 0 saturated heterocycles. The Balaban J connectivity index is 0.000000133. The molecule has 6 nitrogen and oxygen atoms in total. The number of nitrogens with zero attached hydrogens (tertiary/aromatic N) is 6. The number of hydrogen-bond acceptors (Lipinski definition) is 9. The van der Waals surface area contributed by atoms with E-state index >= 15 is 0 Å². The van der Waals surface area contributed by atoms with E-state index in [1.165, 1.54) is 132 Å². The highest BCUT2D eigenvalue weighted by atomic mass is 32.1. The third kappa shape index (κ3) is 10.5. The van der Waals surface area contributed by atoms with Crippen LogP contribution in [0.3, 0.4) is 0 Å². The average molecular weight is 1720 g/mol. The van der Waals surface area contributed by atoms with Crippen LogP contribution in [0.1, 0.15) is 31.8 Å². The minimum Gasteiger partial charge on any atom is -0.309 e. The van der Waals surface area contributed by atoms with Gasteiger partial charge in [-0.25, -0.2) is 19.9 Å². The van der Waals surface area contributed by atoms with Crippen molar-refractivity contribution in [2.24, 2.45) is 0 Å². The molecule has 19 aromatic carbocycles. The van der Waals surface area contributed by atoms with E-state index < -0.39 is 6.04 Å². The van der Waals surface area contributed by atoms with Crippen molar-refractivity contribution in [3.05, 3.63) is 387 Å². The van der Waals surface area contributed by atoms with E-state index in [0.29, 0.717) is 11.4 Å². The molecule has 0 aliphatic heterocycles. The van der Waals surface area contributed by atoms with Crippen LogP contribution < -0.4 is 0 Å². The number of hydrogen-bond donors (Lipinski definition) is 0. The molecule has 0 amide bonds. The van der Waals surface area contributed by atoms with E-state index in [9.17, 15) is 0 Å². The largest absolute Gasteiger partial charge is 0.309 e. The first-order chi connectivity index (χ1) is 65.3. The minimum atomic E-state index is -0.404. The van der Waals surface area contributed by atoms with Crippen molar-refractivity contribution in [2.75, 3.05) is 0 Å². The Labute approximate surface area is 759 Å². The van der Waals surface area contributed by atoms with Gasteiger partial charge in [-0.2, -0.15) is 0 Å². The Morgan fingerprint density at radius 2 is 0.734 bits per heavy atom. The summed E-state index contributed by atoms with van der Waals surface area (Å²) in [5.41, 5.74) is 20.3. The van der Waals surface area contributed by atoms with Crippen LogP contribution in [0.15, 0.2) is 376 Å². The first kappa shape index (κ1) is 67.5. The van der Waals surface area contributed by atoms with Crippen molar-refractivity contribution in [3.63, 3.8) is 0 Å². The lowest BCUT2D eigenvalue weighted by Gasteiger charge is -2.21. The molecule has 29 rings (SSSR count). The topological polar surface area (TPSA) is 61.4 Å². The van der Waals surface area contributed by atoms with Gasteiger partial charge in [0.15, 0.2) is 11.6 Å². The van der Waals surface area contributed by atoms with Crippen molar-refractivity contribution < 1.29 is 6.85 Å². The van der Waals surface area contributed by atoms with E-state index in [1.54, 1.807) is 45.3 Å². The summed E-state index contributed by atoms with van der Waals surface area (Å²) >= 11 is 8.99. The molecule has 1 aliphatic rings. The lowest BCUT2D eigenvalue weighted by molar-refractivity contribution is 0.660. The summed E-state index contributed by atoms with van der Waals surface area (Å²) in [7, 11) is 0. The third-order valence-corrected chi connectivity index (χ3v) is 32.7. The van der Waals surface area contributed by atoms with Crippen LogP contribution in [-0.4, -0.2) is 29.1 Å². The van der Waals surface area contributed by atoms with Crippen molar-refractivity contribution in [2.45, 2.75) is 19.3 Å². The highest BCUT2D eigenvalue weighted by molar-refractivity contribution is 7.28. The predicted molar refractivity (Wildman–Crippen MR) is 552 cm³/mol. The quantitative estimate of drug-likeness (QED) is 0.160. The van der Waals surface area contributed by atoms with Gasteiger partial charge in [0.1, 0.15) is 0 Å². The number of fused-ring (bicyclic) bond motifs is 35. The summed E-state index contributed by atoms with van der Waals surface area (Å²) in [6, 6.07) is 123. The summed E-state index contributed by atoms with van der Waals surface area (Å²) in [6.45, 7) is 4.68. The van der Waals surface area contributed by atoms with E-state index in [2.05, 4.69) is 351 Å². The SMILES string of the molecule is CC1(C)c2ccccc2-c2ccc(-c3nc(-c4ccc(-n5c6ccc7ccccc7c6c6c7sc8ccccc8c7c7ccccc7c65)c5ccccc45)c4sc5ccccc5c4n3)cc21.[2H]c1c([2H])c([2H])c(-c2ccc3c(c2)c2c4sc5ccccc5c4c4ccccc4c2n3-c2ccc(-c3nc(-c4ccc5sc6ccccc6c5c4)nc4c3sc3ccccc34)cc2)c([2H])c1[2H]. The fraction of sp³-hybridized carbons (Fsp3) is 0.0256. The lowest BCUT2D eigenvalue weighted by Crippen LogP contribution is -2.15. The molecular weight excluding hydrogens is 1650 g/mol. The molecule has 0 saturated carbocycles. The van der Waals surface area contributed by atoms with Gasteiger partial charge in [0, 0.05) is 152 Å². The second kappa shape index (κ2) is 27.5. The van der Waals surface area contributed by atoms with E-state index in [0.717, 1.165) is 129 Å². The molecule has 0 unspecified atom stereocenters. The fourth-order valence-electron chi connectivity index (χ4n) is 21.2. The summed E-state index contributed by atoms with van der Waals surface area (Å²) in [4.78, 5) is 21.7. The summed E-state index contributed by atoms with van der Waals surface area (Å²) < 4.78 is 60.0. The highest BCUT2D eigenvalue weighted by Gasteiger charge is 2.36. The summed E-state index contributed by atoms with van der Waals surface area (Å²) in [5.74, 6) is 1.43. The van der Waals surface area contributed by atoms with Crippen molar-refractivity contribution in [1.82, 2.24) is 29.1 Å². The van der Waals surface area contributed by atoms with Crippen molar-refractivity contribution >= 4 is 245 Å². The highest BCUT2D eigenvalue weighted by Crippen LogP contribution is 2.56. The number of rotatable bonds is 7. The van der Waals surface area contributed by atoms with Crippen LogP contribution >= 0.6 is 56.7 Å². The molecule has 9 aromatic heterocycles. The standard InChI is InChI=1S/C61H37N3S2.C56H31N3S3/c1-61(2)46-24-12-9-18-38(46)39-29-27-35(33-47(39)61)60-62-55(59-56(63-60)45-23-11-14-26-51(45)66-59)42-30-32-48(40-19-6-5-17-37(40)42)64-49-31-28-34-15-3-4-16-36(34)53(49)54-57(64)43-21-8-7-20-41(43)52-44-22-10-13-25-50(44)65-58(52)54;1-2-12-32(13-3-1)34-24-28-44-43(30-34)50-53(39-16-5-4-15-38(39)49-40-17-7-10-20-46(40)61-54(49)50)59(44)36-26-22-33(23-27-36)51-55-52(41-18-8-11-21-47(41)62-55)58-56(57-51)35-25-29-48-42(31-35)37-14-6-9-19-45(37)60-48/h3-33H,1-2H3;1-31H/i;1D,2D,3D,12D,13D. The second-order valence-electron chi connectivity index (χ2n) is 34.0. The molecule has 0 fully saturated rings. The smallest absolute Gasteiger partial charge is 0.160 e. The summed E-state index contributed by atoms with van der Waals surface area (Å²) in [6.07, 6.45) is 0. The molecular formula is C117H68N6S5. The van der Waals surface area contributed by atoms with Gasteiger partial charge >= 0.3 is 0 Å². The van der Waals surface area contributed by atoms with Gasteiger partial charge in [0.05, 0.1) is 66.4 Å². The van der Waals surface area contributed by atoms with Crippen LogP contribution in [0.5, 0.6) is 0 Å². The van der Waals surface area contributed by atoms with Gasteiger partial charge in [-0.15, -0.1) is 56.7 Å². The Hall–Kier alpha value is -14.9. The normalized spacial score (nSPS) is 13.4. The minimum absolute atomic E-state index is 0.136. The van der Waals surface area contributed by atoms with E-state index in [4.69, 9.17) is 26.8 Å². The molecule has 0 N–H and O–H groups in total. The Morgan fingerprint density at radius 3 is 1.41 bits per heavy atom. The summed E-state index contributed by atoms with van der Waals surface area (Å²) in [5, 5.41) is 24.0. The van der Waals surface area contributed by atoms with Crippen LogP contribution in [0.2, 0.25) is 0 Å². The second-order valence-corrected chi connectivity index (χ2v) is 39.3. The molecule has 0 radical (unpaired) electrons. The molecule has 128 heavy (non-hydrogen) atoms. The monoisotopic (exact) mass is 1720 g/mol. The number of benzene rings is 19. The molecule has 0 bridgehead atoms. The van der Waals surface area contributed by atoms with Gasteiger partial charge in [-0.1, -0.05) is 299 Å². The zero-order chi connectivity index (χ0) is 88.2. The first-order valence-electron chi connectivity index (χ1n) is 45.6. The van der Waals surface area contributed by atoms with Gasteiger partial charge in [0.2, 0.25) is 0 Å². The van der Waals surface area contributed by atoms with Crippen molar-refractivity contribution in [1.29, 1.82) is 0 Å². The predicted octanol–water partition coefficient (Wildman–Crippen LogP) is 34.2. The maximum absolute atomic E-state index is 8.90. The Bertz CT molecular complexity index is 10000. The zero-order valence-corrected chi connectivity index (χ0v) is 72.7. The van der Waals surface area contributed by atoms with Gasteiger partial charge < -0.3 is 9.13 Å². The Morgan fingerprint density at radius 1 is 0.266 bits per heavy atom. The average Bonchev–Trinajstić information content (AvgIpc) is 1.53. The van der Waals surface area contributed by atoms with Gasteiger partial charge in [0.25, 0.3) is 0 Å². The number of thiophene rings is 5. The van der Waals surface area contributed by atoms with Crippen LogP contribution in [0.4, 0.5) is 0 Å². The van der Waals surface area contributed by atoms with Crippen molar-refractivity contribution in [3.8, 4) is 78.9 Å². The Kier molecular flexibility index (Phi) is 14.5. The maximum Gasteiger partial charge on any atom is 0.160 e. The van der Waals surface area contributed by atoms with E-state index in [1.807, 2.05) is 29.5 Å². The molecule has 28 aromatic rings. The molecule has 9 heterocycles. The zero-order valence-electron chi connectivity index (χ0n) is 73.6. The van der Waals surface area contributed by atoms with Gasteiger partial charge in [-0.05, 0) is 151 Å². The maximum atomic E-state index is 8.90. The van der Waals surface area contributed by atoms with Crippen LogP contribution in [0, 0.1) is 0 Å².